The second-order valence-corrected chi connectivity index (χ2v) is 7.71. The maximum absolute atomic E-state index is 12.3. The van der Waals surface area contributed by atoms with Crippen molar-refractivity contribution in [2.75, 3.05) is 24.5 Å². The molecule has 0 spiro atoms. The van der Waals surface area contributed by atoms with Gasteiger partial charge in [-0.05, 0) is 36.1 Å². The maximum Gasteiger partial charge on any atom is 0.415 e. The summed E-state index contributed by atoms with van der Waals surface area (Å²) in [7, 11) is 0. The van der Waals surface area contributed by atoms with Crippen molar-refractivity contribution in [1.29, 1.82) is 0 Å². The van der Waals surface area contributed by atoms with Crippen LogP contribution in [-0.2, 0) is 9.53 Å². The number of nitrogens with zero attached hydrogens (tertiary/aromatic N) is 2. The van der Waals surface area contributed by atoms with Crippen LogP contribution in [-0.4, -0.2) is 54.5 Å². The number of ether oxygens (including phenoxy) is 1. The first kappa shape index (κ1) is 19.1. The third-order valence-electron chi connectivity index (χ3n) is 4.84. The SMILES string of the molecule is O=C(CCCN1C(=O)c2ccccc2C1=O)NCC1CN(c2cccs2)C(=O)O1. The van der Waals surface area contributed by atoms with E-state index < -0.39 is 12.2 Å². The molecule has 0 saturated carbocycles. The molecular formula is C20H19N3O5S. The van der Waals surface area contributed by atoms with E-state index in [1.807, 2.05) is 17.5 Å². The molecule has 3 heterocycles. The average Bonchev–Trinajstić information content (AvgIpc) is 3.42. The van der Waals surface area contributed by atoms with Crippen molar-refractivity contribution >= 4 is 40.2 Å². The van der Waals surface area contributed by atoms with Crippen LogP contribution in [0.5, 0.6) is 0 Å². The second kappa shape index (κ2) is 8.04. The number of thiophene rings is 1. The molecule has 0 aliphatic carbocycles. The summed E-state index contributed by atoms with van der Waals surface area (Å²) < 4.78 is 5.28. The highest BCUT2D eigenvalue weighted by atomic mass is 32.1. The topological polar surface area (TPSA) is 96.0 Å². The minimum absolute atomic E-state index is 0.169. The molecule has 1 fully saturated rings. The van der Waals surface area contributed by atoms with Crippen molar-refractivity contribution in [3.63, 3.8) is 0 Å². The van der Waals surface area contributed by atoms with Gasteiger partial charge in [0.05, 0.1) is 24.2 Å². The molecule has 9 heteroatoms. The summed E-state index contributed by atoms with van der Waals surface area (Å²) in [6.45, 7) is 0.790. The molecule has 1 aromatic carbocycles. The Morgan fingerprint density at radius 1 is 1.10 bits per heavy atom. The minimum atomic E-state index is -0.419. The second-order valence-electron chi connectivity index (χ2n) is 6.78. The summed E-state index contributed by atoms with van der Waals surface area (Å²) in [6.07, 6.45) is -0.298. The molecule has 1 unspecified atom stereocenters. The number of hydrogen-bond donors (Lipinski definition) is 1. The third kappa shape index (κ3) is 3.86. The van der Waals surface area contributed by atoms with E-state index in [1.54, 1.807) is 29.2 Å². The molecule has 4 rings (SSSR count). The maximum atomic E-state index is 12.3. The fourth-order valence-corrected chi connectivity index (χ4v) is 4.12. The van der Waals surface area contributed by atoms with Gasteiger partial charge in [-0.25, -0.2) is 4.79 Å². The molecule has 8 nitrogen and oxygen atoms in total. The zero-order valence-corrected chi connectivity index (χ0v) is 16.3. The van der Waals surface area contributed by atoms with Crippen molar-refractivity contribution in [2.24, 2.45) is 0 Å². The summed E-state index contributed by atoms with van der Waals surface area (Å²) in [5, 5.41) is 5.44. The summed E-state index contributed by atoms with van der Waals surface area (Å²) in [4.78, 5) is 51.3. The van der Waals surface area contributed by atoms with Crippen molar-refractivity contribution < 1.29 is 23.9 Å². The van der Waals surface area contributed by atoms with Crippen LogP contribution in [0.25, 0.3) is 0 Å². The van der Waals surface area contributed by atoms with Crippen LogP contribution in [0.4, 0.5) is 9.80 Å². The van der Waals surface area contributed by atoms with E-state index in [-0.39, 0.29) is 37.2 Å². The third-order valence-corrected chi connectivity index (χ3v) is 5.73. The summed E-state index contributed by atoms with van der Waals surface area (Å²) in [5.74, 6) is -0.859. The van der Waals surface area contributed by atoms with E-state index >= 15 is 0 Å². The fourth-order valence-electron chi connectivity index (χ4n) is 3.39. The predicted molar refractivity (Wildman–Crippen MR) is 106 cm³/mol. The summed E-state index contributed by atoms with van der Waals surface area (Å²) in [5.41, 5.74) is 0.806. The molecule has 2 aliphatic rings. The minimum Gasteiger partial charge on any atom is -0.442 e. The van der Waals surface area contributed by atoms with Gasteiger partial charge in [0.2, 0.25) is 5.91 Å². The van der Waals surface area contributed by atoms with Gasteiger partial charge in [-0.2, -0.15) is 0 Å². The lowest BCUT2D eigenvalue weighted by molar-refractivity contribution is -0.121. The summed E-state index contributed by atoms with van der Waals surface area (Å²) >= 11 is 1.45. The van der Waals surface area contributed by atoms with Crippen LogP contribution in [0.15, 0.2) is 41.8 Å². The van der Waals surface area contributed by atoms with Crippen LogP contribution < -0.4 is 10.2 Å². The smallest absolute Gasteiger partial charge is 0.415 e. The largest absolute Gasteiger partial charge is 0.442 e. The highest BCUT2D eigenvalue weighted by molar-refractivity contribution is 7.14. The van der Waals surface area contributed by atoms with Gasteiger partial charge in [0.1, 0.15) is 11.1 Å². The van der Waals surface area contributed by atoms with E-state index in [0.29, 0.717) is 24.1 Å². The Balaban J connectivity index is 1.20. The highest BCUT2D eigenvalue weighted by Gasteiger charge is 2.35. The van der Waals surface area contributed by atoms with Crippen molar-refractivity contribution in [3.05, 3.63) is 52.9 Å². The molecular weight excluding hydrogens is 394 g/mol. The Labute approximate surface area is 171 Å². The Morgan fingerprint density at radius 3 is 2.48 bits per heavy atom. The van der Waals surface area contributed by atoms with Crippen LogP contribution in [0.2, 0.25) is 0 Å². The predicted octanol–water partition coefficient (Wildman–Crippen LogP) is 2.27. The molecule has 1 atom stereocenters. The number of imide groups is 1. The lowest BCUT2D eigenvalue weighted by Crippen LogP contribution is -2.35. The van der Waals surface area contributed by atoms with Gasteiger partial charge in [-0.15, -0.1) is 11.3 Å². The average molecular weight is 413 g/mol. The molecule has 1 N–H and O–H groups in total. The standard InChI is InChI=1S/C20H19N3O5S/c24-16(21-11-13-12-23(20(27)28-13)17-8-4-10-29-17)7-3-9-22-18(25)14-5-1-2-6-15(14)19(22)26/h1-2,4-6,8,10,13H,3,7,9,11-12H2,(H,21,24). The van der Waals surface area contributed by atoms with E-state index in [2.05, 4.69) is 5.32 Å². The van der Waals surface area contributed by atoms with Crippen molar-refractivity contribution in [2.45, 2.75) is 18.9 Å². The van der Waals surface area contributed by atoms with Crippen LogP contribution >= 0.6 is 11.3 Å². The molecule has 4 amide bonds. The number of amides is 4. The number of benzene rings is 1. The number of carbonyl (C=O) groups is 4. The first-order valence-corrected chi connectivity index (χ1v) is 10.2. The van der Waals surface area contributed by atoms with Crippen molar-refractivity contribution in [1.82, 2.24) is 10.2 Å². The van der Waals surface area contributed by atoms with E-state index in [1.165, 1.54) is 16.2 Å². The molecule has 2 aliphatic heterocycles. The van der Waals surface area contributed by atoms with Crippen LogP contribution in [0, 0.1) is 0 Å². The highest BCUT2D eigenvalue weighted by Crippen LogP contribution is 2.26. The molecule has 0 radical (unpaired) electrons. The van der Waals surface area contributed by atoms with Gasteiger partial charge in [-0.3, -0.25) is 24.2 Å². The molecule has 0 bridgehead atoms. The Kier molecular flexibility index (Phi) is 5.30. The normalized spacial score (nSPS) is 18.2. The van der Waals surface area contributed by atoms with Gasteiger partial charge >= 0.3 is 6.09 Å². The van der Waals surface area contributed by atoms with Gasteiger partial charge < -0.3 is 10.1 Å². The number of anilines is 1. The molecule has 1 aromatic heterocycles. The van der Waals surface area contributed by atoms with Gasteiger partial charge in [0, 0.05) is 13.0 Å². The first-order chi connectivity index (χ1) is 14.0. The number of hydrogen-bond acceptors (Lipinski definition) is 6. The molecule has 150 valence electrons. The Hall–Kier alpha value is -3.20. The van der Waals surface area contributed by atoms with Gasteiger partial charge in [0.25, 0.3) is 11.8 Å². The van der Waals surface area contributed by atoms with Gasteiger partial charge in [-0.1, -0.05) is 12.1 Å². The van der Waals surface area contributed by atoms with Crippen LogP contribution in [0.3, 0.4) is 0 Å². The number of carbonyl (C=O) groups excluding carboxylic acids is 4. The number of fused-ring (bicyclic) bond motifs is 1. The number of nitrogens with one attached hydrogen (secondary N) is 1. The van der Waals surface area contributed by atoms with E-state index in [9.17, 15) is 19.2 Å². The monoisotopic (exact) mass is 413 g/mol. The summed E-state index contributed by atoms with van der Waals surface area (Å²) in [6, 6.07) is 10.4. The van der Waals surface area contributed by atoms with Crippen LogP contribution in [0.1, 0.15) is 33.6 Å². The van der Waals surface area contributed by atoms with Crippen molar-refractivity contribution in [3.8, 4) is 0 Å². The van der Waals surface area contributed by atoms with Gasteiger partial charge in [0.15, 0.2) is 0 Å². The molecule has 29 heavy (non-hydrogen) atoms. The zero-order chi connectivity index (χ0) is 20.4. The lowest BCUT2D eigenvalue weighted by Gasteiger charge is -2.14. The zero-order valence-electron chi connectivity index (χ0n) is 15.5. The number of cyclic esters (lactones) is 1. The molecule has 1 saturated heterocycles. The Bertz CT molecular complexity index is 924. The Morgan fingerprint density at radius 2 is 1.83 bits per heavy atom. The van der Waals surface area contributed by atoms with E-state index in [4.69, 9.17) is 4.74 Å². The quantitative estimate of drug-likeness (QED) is 0.703. The number of rotatable bonds is 7. The lowest BCUT2D eigenvalue weighted by atomic mass is 10.1. The fraction of sp³-hybridized carbons (Fsp3) is 0.300. The molecule has 2 aromatic rings. The first-order valence-electron chi connectivity index (χ1n) is 9.28. The van der Waals surface area contributed by atoms with E-state index in [0.717, 1.165) is 5.00 Å².